The third-order valence-electron chi connectivity index (χ3n) is 2.90. The van der Waals surface area contributed by atoms with Crippen LogP contribution in [-0.2, 0) is 0 Å². The van der Waals surface area contributed by atoms with Crippen LogP contribution in [0.25, 0.3) is 0 Å². The summed E-state index contributed by atoms with van der Waals surface area (Å²) >= 11 is 5.94. The van der Waals surface area contributed by atoms with E-state index in [0.29, 0.717) is 22.2 Å². The fourth-order valence-electron chi connectivity index (χ4n) is 1.89. The van der Waals surface area contributed by atoms with E-state index in [1.165, 1.54) is 0 Å². The van der Waals surface area contributed by atoms with Crippen molar-refractivity contribution < 1.29 is 0 Å². The van der Waals surface area contributed by atoms with E-state index in [9.17, 15) is 5.26 Å². The molecule has 0 atom stereocenters. The van der Waals surface area contributed by atoms with Crippen molar-refractivity contribution in [1.29, 1.82) is 5.26 Å². The van der Waals surface area contributed by atoms with E-state index in [-0.39, 0.29) is 0 Å². The molecule has 0 unspecified atom stereocenters. The fourth-order valence-corrected chi connectivity index (χ4v) is 2.08. The van der Waals surface area contributed by atoms with Crippen molar-refractivity contribution in [3.8, 4) is 6.07 Å². The standard InChI is InChI=1S/C15H11ClN6/c16-10-3-1-4-11(7-10)20-15-13(8-17)14(21-22-15)19-9-12-5-2-6-18-12/h1-7,9,18H,(H2,20,21,22). The van der Waals surface area contributed by atoms with Crippen LogP contribution < -0.4 is 5.32 Å². The fraction of sp³-hybridized carbons (Fsp3) is 0. The van der Waals surface area contributed by atoms with Gasteiger partial charge in [0.25, 0.3) is 0 Å². The van der Waals surface area contributed by atoms with Crippen LogP contribution in [0, 0.1) is 11.3 Å². The van der Waals surface area contributed by atoms with Gasteiger partial charge >= 0.3 is 0 Å². The van der Waals surface area contributed by atoms with Gasteiger partial charge in [0.05, 0.1) is 11.9 Å². The lowest BCUT2D eigenvalue weighted by Gasteiger charge is -2.03. The number of nitrogens with one attached hydrogen (secondary N) is 3. The molecule has 0 saturated heterocycles. The highest BCUT2D eigenvalue weighted by atomic mass is 35.5. The molecule has 0 bridgehead atoms. The minimum Gasteiger partial charge on any atom is -0.360 e. The van der Waals surface area contributed by atoms with Gasteiger partial charge in [0.1, 0.15) is 17.5 Å². The molecular formula is C15H11ClN6. The van der Waals surface area contributed by atoms with Crippen LogP contribution in [0.1, 0.15) is 11.3 Å². The summed E-state index contributed by atoms with van der Waals surface area (Å²) in [5.41, 5.74) is 1.92. The number of aliphatic imine (C=N–C) groups is 1. The van der Waals surface area contributed by atoms with E-state index in [1.807, 2.05) is 24.3 Å². The number of hydrogen-bond acceptors (Lipinski definition) is 4. The van der Waals surface area contributed by atoms with Crippen molar-refractivity contribution in [3.63, 3.8) is 0 Å². The SMILES string of the molecule is N#Cc1c(N=Cc2ccc[nH]2)n[nH]c1Nc1cccc(Cl)c1. The number of nitrogens with zero attached hydrogens (tertiary/aromatic N) is 3. The van der Waals surface area contributed by atoms with Gasteiger partial charge in [0.2, 0.25) is 0 Å². The molecule has 0 aliphatic rings. The predicted octanol–water partition coefficient (Wildman–Crippen LogP) is 3.76. The van der Waals surface area contributed by atoms with Gasteiger partial charge in [-0.15, -0.1) is 0 Å². The van der Waals surface area contributed by atoms with Crippen molar-refractivity contribution >= 4 is 35.1 Å². The Bertz CT molecular complexity index is 841. The molecule has 0 spiro atoms. The molecule has 3 rings (SSSR count). The minimum atomic E-state index is 0.321. The van der Waals surface area contributed by atoms with Gasteiger partial charge in [-0.25, -0.2) is 4.99 Å². The summed E-state index contributed by atoms with van der Waals surface area (Å²) in [6.45, 7) is 0. The number of hydrogen-bond donors (Lipinski definition) is 3. The number of nitriles is 1. The number of rotatable bonds is 4. The van der Waals surface area contributed by atoms with Crippen LogP contribution >= 0.6 is 11.6 Å². The Kier molecular flexibility index (Phi) is 3.90. The van der Waals surface area contributed by atoms with E-state index in [1.54, 1.807) is 24.5 Å². The van der Waals surface area contributed by atoms with Gasteiger partial charge < -0.3 is 10.3 Å². The molecule has 0 fully saturated rings. The lowest BCUT2D eigenvalue weighted by Crippen LogP contribution is -1.92. The summed E-state index contributed by atoms with van der Waals surface area (Å²) in [6.07, 6.45) is 3.41. The first-order valence-corrected chi connectivity index (χ1v) is 6.82. The number of halogens is 1. The molecular weight excluding hydrogens is 300 g/mol. The maximum absolute atomic E-state index is 9.32. The molecule has 1 aromatic carbocycles. The second-order valence-corrected chi connectivity index (χ2v) is 4.86. The van der Waals surface area contributed by atoms with Gasteiger partial charge in [0.15, 0.2) is 5.82 Å². The molecule has 108 valence electrons. The van der Waals surface area contributed by atoms with Crippen molar-refractivity contribution in [2.24, 2.45) is 4.99 Å². The van der Waals surface area contributed by atoms with Gasteiger partial charge in [-0.3, -0.25) is 5.10 Å². The highest BCUT2D eigenvalue weighted by Gasteiger charge is 2.12. The molecule has 0 aliphatic heterocycles. The molecule has 22 heavy (non-hydrogen) atoms. The molecule has 0 aliphatic carbocycles. The smallest absolute Gasteiger partial charge is 0.193 e. The third-order valence-corrected chi connectivity index (χ3v) is 3.14. The lowest BCUT2D eigenvalue weighted by molar-refractivity contribution is 1.09. The van der Waals surface area contributed by atoms with E-state index in [2.05, 4.69) is 31.6 Å². The first kappa shape index (κ1) is 13.9. The summed E-state index contributed by atoms with van der Waals surface area (Å²) in [5.74, 6) is 0.796. The van der Waals surface area contributed by atoms with E-state index >= 15 is 0 Å². The molecule has 7 heteroatoms. The first-order valence-electron chi connectivity index (χ1n) is 6.45. The van der Waals surface area contributed by atoms with Crippen LogP contribution in [0.3, 0.4) is 0 Å². The Hall–Kier alpha value is -3.04. The number of aromatic nitrogens is 3. The van der Waals surface area contributed by atoms with E-state index < -0.39 is 0 Å². The summed E-state index contributed by atoms with van der Waals surface area (Å²) in [5, 5.41) is 19.8. The van der Waals surface area contributed by atoms with Gasteiger partial charge in [0, 0.05) is 16.9 Å². The summed E-state index contributed by atoms with van der Waals surface area (Å²) in [7, 11) is 0. The van der Waals surface area contributed by atoms with Gasteiger partial charge in [-0.2, -0.15) is 10.4 Å². The zero-order chi connectivity index (χ0) is 15.4. The topological polar surface area (TPSA) is 92.7 Å². The predicted molar refractivity (Wildman–Crippen MR) is 86.1 cm³/mol. The van der Waals surface area contributed by atoms with Crippen molar-refractivity contribution in [2.45, 2.75) is 0 Å². The first-order chi connectivity index (χ1) is 10.8. The van der Waals surface area contributed by atoms with Crippen LogP contribution in [0.15, 0.2) is 47.6 Å². The van der Waals surface area contributed by atoms with E-state index in [0.717, 1.165) is 11.4 Å². The summed E-state index contributed by atoms with van der Waals surface area (Å²) in [6, 6.07) is 13.0. The molecule has 2 aromatic heterocycles. The largest absolute Gasteiger partial charge is 0.360 e. The Labute approximate surface area is 131 Å². The highest BCUT2D eigenvalue weighted by molar-refractivity contribution is 6.30. The number of anilines is 2. The molecule has 2 heterocycles. The third kappa shape index (κ3) is 3.00. The Balaban J connectivity index is 1.86. The quantitative estimate of drug-likeness (QED) is 0.640. The minimum absolute atomic E-state index is 0.321. The zero-order valence-corrected chi connectivity index (χ0v) is 12.1. The Morgan fingerprint density at radius 1 is 1.32 bits per heavy atom. The number of benzene rings is 1. The highest BCUT2D eigenvalue weighted by Crippen LogP contribution is 2.26. The van der Waals surface area contributed by atoms with E-state index in [4.69, 9.17) is 11.6 Å². The Morgan fingerprint density at radius 2 is 2.23 bits per heavy atom. The van der Waals surface area contributed by atoms with Crippen molar-refractivity contribution in [3.05, 3.63) is 58.9 Å². The number of aromatic amines is 2. The maximum Gasteiger partial charge on any atom is 0.193 e. The average molecular weight is 311 g/mol. The summed E-state index contributed by atoms with van der Waals surface area (Å²) < 4.78 is 0. The summed E-state index contributed by atoms with van der Waals surface area (Å²) in [4.78, 5) is 7.21. The van der Waals surface area contributed by atoms with Crippen LogP contribution in [0.5, 0.6) is 0 Å². The second kappa shape index (κ2) is 6.16. The maximum atomic E-state index is 9.32. The van der Waals surface area contributed by atoms with Gasteiger partial charge in [-0.05, 0) is 30.3 Å². The zero-order valence-electron chi connectivity index (χ0n) is 11.3. The number of H-pyrrole nitrogens is 2. The van der Waals surface area contributed by atoms with Crippen LogP contribution in [-0.4, -0.2) is 21.4 Å². The molecule has 0 amide bonds. The van der Waals surface area contributed by atoms with Crippen LogP contribution in [0.2, 0.25) is 5.02 Å². The molecule has 0 saturated carbocycles. The van der Waals surface area contributed by atoms with Crippen molar-refractivity contribution in [1.82, 2.24) is 15.2 Å². The normalized spacial score (nSPS) is 10.7. The lowest BCUT2D eigenvalue weighted by atomic mass is 10.3. The molecule has 6 nitrogen and oxygen atoms in total. The van der Waals surface area contributed by atoms with Gasteiger partial charge in [-0.1, -0.05) is 17.7 Å². The average Bonchev–Trinajstić information content (AvgIpc) is 3.14. The molecule has 0 radical (unpaired) electrons. The monoisotopic (exact) mass is 310 g/mol. The van der Waals surface area contributed by atoms with Crippen LogP contribution in [0.4, 0.5) is 17.3 Å². The second-order valence-electron chi connectivity index (χ2n) is 4.43. The molecule has 3 aromatic rings. The molecule has 3 N–H and O–H groups in total. The Morgan fingerprint density at radius 3 is 2.95 bits per heavy atom. The van der Waals surface area contributed by atoms with Crippen molar-refractivity contribution in [2.75, 3.05) is 5.32 Å².